The average molecular weight is 264 g/mol. The monoisotopic (exact) mass is 264 g/mol. The summed E-state index contributed by atoms with van der Waals surface area (Å²) in [6.45, 7) is 8.00. The quantitative estimate of drug-likeness (QED) is 0.605. The van der Waals surface area contributed by atoms with Gasteiger partial charge in [-0.2, -0.15) is 0 Å². The SMILES string of the molecule is CC.CC.Nc1ccc(C2CCC(=O)NC2=O)cc1. The van der Waals surface area contributed by atoms with Crippen LogP contribution in [0.2, 0.25) is 0 Å². The molecule has 1 aromatic carbocycles. The molecule has 1 saturated heterocycles. The second kappa shape index (κ2) is 9.14. The summed E-state index contributed by atoms with van der Waals surface area (Å²) < 4.78 is 0. The van der Waals surface area contributed by atoms with Crippen LogP contribution < -0.4 is 11.1 Å². The number of rotatable bonds is 1. The van der Waals surface area contributed by atoms with Gasteiger partial charge in [0.1, 0.15) is 0 Å². The number of piperidine rings is 1. The molecule has 3 N–H and O–H groups in total. The van der Waals surface area contributed by atoms with E-state index in [1.807, 2.05) is 39.8 Å². The van der Waals surface area contributed by atoms with Gasteiger partial charge in [-0.15, -0.1) is 0 Å². The molecule has 1 aromatic rings. The Morgan fingerprint density at radius 1 is 1.05 bits per heavy atom. The zero-order valence-electron chi connectivity index (χ0n) is 12.2. The lowest BCUT2D eigenvalue weighted by Crippen LogP contribution is -2.39. The van der Waals surface area contributed by atoms with E-state index in [2.05, 4.69) is 5.32 Å². The van der Waals surface area contributed by atoms with Gasteiger partial charge in [0.25, 0.3) is 0 Å². The van der Waals surface area contributed by atoms with E-state index in [0.29, 0.717) is 18.5 Å². The van der Waals surface area contributed by atoms with E-state index in [9.17, 15) is 9.59 Å². The predicted octanol–water partition coefficient (Wildman–Crippen LogP) is 2.84. The summed E-state index contributed by atoms with van der Waals surface area (Å²) in [6.07, 6.45) is 0.982. The van der Waals surface area contributed by atoms with Crippen molar-refractivity contribution in [3.63, 3.8) is 0 Å². The molecule has 1 heterocycles. The molecule has 0 aliphatic carbocycles. The average Bonchev–Trinajstić information content (AvgIpc) is 2.45. The molecule has 2 amide bonds. The summed E-state index contributed by atoms with van der Waals surface area (Å²) >= 11 is 0. The van der Waals surface area contributed by atoms with Crippen LogP contribution in [0.1, 0.15) is 52.0 Å². The normalized spacial score (nSPS) is 17.4. The van der Waals surface area contributed by atoms with Crippen LogP contribution >= 0.6 is 0 Å². The number of amides is 2. The van der Waals surface area contributed by atoms with E-state index in [1.54, 1.807) is 12.1 Å². The topological polar surface area (TPSA) is 72.2 Å². The maximum absolute atomic E-state index is 11.5. The maximum atomic E-state index is 11.5. The van der Waals surface area contributed by atoms with Crippen molar-refractivity contribution in [1.29, 1.82) is 0 Å². The Labute approximate surface area is 115 Å². The lowest BCUT2D eigenvalue weighted by molar-refractivity contribution is -0.134. The third-order valence-electron chi connectivity index (χ3n) is 2.58. The van der Waals surface area contributed by atoms with Crippen molar-refractivity contribution < 1.29 is 9.59 Å². The Balaban J connectivity index is 0.000000741. The fraction of sp³-hybridized carbons (Fsp3) is 0.467. The van der Waals surface area contributed by atoms with Crippen LogP contribution in [0.4, 0.5) is 5.69 Å². The number of carbonyl (C=O) groups is 2. The number of hydrogen-bond donors (Lipinski definition) is 2. The summed E-state index contributed by atoms with van der Waals surface area (Å²) in [6, 6.07) is 7.18. The third-order valence-corrected chi connectivity index (χ3v) is 2.58. The van der Waals surface area contributed by atoms with Crippen molar-refractivity contribution in [2.45, 2.75) is 46.5 Å². The number of nitrogen functional groups attached to an aromatic ring is 1. The molecule has 1 atom stereocenters. The highest BCUT2D eigenvalue weighted by atomic mass is 16.2. The summed E-state index contributed by atoms with van der Waals surface area (Å²) in [5.41, 5.74) is 7.14. The molecule has 1 unspecified atom stereocenters. The van der Waals surface area contributed by atoms with Gasteiger partial charge in [-0.05, 0) is 24.1 Å². The van der Waals surface area contributed by atoms with Gasteiger partial charge in [-0.25, -0.2) is 0 Å². The summed E-state index contributed by atoms with van der Waals surface area (Å²) in [7, 11) is 0. The zero-order chi connectivity index (χ0) is 14.8. The molecule has 0 spiro atoms. The van der Waals surface area contributed by atoms with E-state index in [-0.39, 0.29) is 17.7 Å². The minimum absolute atomic E-state index is 0.188. The second-order valence-electron chi connectivity index (χ2n) is 3.67. The van der Waals surface area contributed by atoms with E-state index in [4.69, 9.17) is 5.73 Å². The Kier molecular flexibility index (Phi) is 8.25. The predicted molar refractivity (Wildman–Crippen MR) is 78.7 cm³/mol. The number of nitrogens with one attached hydrogen (secondary N) is 1. The van der Waals surface area contributed by atoms with Crippen LogP contribution in [0.5, 0.6) is 0 Å². The summed E-state index contributed by atoms with van der Waals surface area (Å²) in [5, 5.41) is 2.33. The Hall–Kier alpha value is -1.84. The number of anilines is 1. The molecule has 4 heteroatoms. The lowest BCUT2D eigenvalue weighted by atomic mass is 9.90. The first-order chi connectivity index (χ1) is 9.16. The van der Waals surface area contributed by atoms with Crippen molar-refractivity contribution in [2.24, 2.45) is 0 Å². The first kappa shape index (κ1) is 17.2. The van der Waals surface area contributed by atoms with Gasteiger partial charge >= 0.3 is 0 Å². The number of nitrogens with two attached hydrogens (primary N) is 1. The standard InChI is InChI=1S/C11H12N2O2.2C2H6/c12-8-3-1-7(2-4-8)9-5-6-10(14)13-11(9)15;2*1-2/h1-4,9H,5-6,12H2,(H,13,14,15);2*1-2H3. The van der Waals surface area contributed by atoms with Crippen molar-refractivity contribution in [3.8, 4) is 0 Å². The largest absolute Gasteiger partial charge is 0.399 e. The highest BCUT2D eigenvalue weighted by molar-refractivity contribution is 6.00. The number of imide groups is 1. The lowest BCUT2D eigenvalue weighted by Gasteiger charge is -2.20. The van der Waals surface area contributed by atoms with E-state index in [0.717, 1.165) is 5.56 Å². The van der Waals surface area contributed by atoms with Crippen molar-refractivity contribution >= 4 is 17.5 Å². The highest BCUT2D eigenvalue weighted by Gasteiger charge is 2.27. The van der Waals surface area contributed by atoms with Crippen LogP contribution in [0.15, 0.2) is 24.3 Å². The molecular formula is C15H24N2O2. The number of carbonyl (C=O) groups excluding carboxylic acids is 2. The molecule has 106 valence electrons. The molecule has 19 heavy (non-hydrogen) atoms. The summed E-state index contributed by atoms with van der Waals surface area (Å²) in [4.78, 5) is 22.5. The molecule has 1 fully saturated rings. The Bertz CT molecular complexity index is 399. The highest BCUT2D eigenvalue weighted by Crippen LogP contribution is 2.25. The Morgan fingerprint density at radius 3 is 2.05 bits per heavy atom. The molecule has 2 rings (SSSR count). The van der Waals surface area contributed by atoms with Gasteiger partial charge in [0, 0.05) is 12.1 Å². The van der Waals surface area contributed by atoms with Gasteiger partial charge in [0.05, 0.1) is 5.92 Å². The molecule has 0 saturated carbocycles. The minimum atomic E-state index is -0.219. The molecule has 4 nitrogen and oxygen atoms in total. The number of benzene rings is 1. The smallest absolute Gasteiger partial charge is 0.234 e. The molecular weight excluding hydrogens is 240 g/mol. The van der Waals surface area contributed by atoms with Crippen LogP contribution in [-0.2, 0) is 9.59 Å². The molecule has 1 aliphatic heterocycles. The Morgan fingerprint density at radius 2 is 1.58 bits per heavy atom. The van der Waals surface area contributed by atoms with E-state index in [1.165, 1.54) is 0 Å². The van der Waals surface area contributed by atoms with Crippen molar-refractivity contribution in [3.05, 3.63) is 29.8 Å². The van der Waals surface area contributed by atoms with Crippen LogP contribution in [0.3, 0.4) is 0 Å². The first-order valence-electron chi connectivity index (χ1n) is 6.86. The fourth-order valence-corrected chi connectivity index (χ4v) is 1.74. The number of hydrogen-bond acceptors (Lipinski definition) is 3. The van der Waals surface area contributed by atoms with E-state index < -0.39 is 0 Å². The summed E-state index contributed by atoms with van der Waals surface area (Å²) in [5.74, 6) is -0.619. The third kappa shape index (κ3) is 5.12. The first-order valence-corrected chi connectivity index (χ1v) is 6.86. The molecule has 1 aliphatic rings. The van der Waals surface area contributed by atoms with Gasteiger partial charge < -0.3 is 5.73 Å². The van der Waals surface area contributed by atoms with Gasteiger partial charge in [0.2, 0.25) is 11.8 Å². The second-order valence-corrected chi connectivity index (χ2v) is 3.67. The van der Waals surface area contributed by atoms with Crippen molar-refractivity contribution in [1.82, 2.24) is 5.32 Å². The molecule has 0 bridgehead atoms. The van der Waals surface area contributed by atoms with Gasteiger partial charge in [0.15, 0.2) is 0 Å². The molecule has 0 aromatic heterocycles. The minimum Gasteiger partial charge on any atom is -0.399 e. The van der Waals surface area contributed by atoms with Crippen LogP contribution in [0, 0.1) is 0 Å². The van der Waals surface area contributed by atoms with Crippen molar-refractivity contribution in [2.75, 3.05) is 5.73 Å². The maximum Gasteiger partial charge on any atom is 0.234 e. The van der Waals surface area contributed by atoms with Crippen LogP contribution in [0.25, 0.3) is 0 Å². The zero-order valence-corrected chi connectivity index (χ0v) is 12.2. The van der Waals surface area contributed by atoms with Gasteiger partial charge in [-0.1, -0.05) is 39.8 Å². The van der Waals surface area contributed by atoms with Gasteiger partial charge in [-0.3, -0.25) is 14.9 Å². The molecule has 0 radical (unpaired) electrons. The van der Waals surface area contributed by atoms with Crippen LogP contribution in [-0.4, -0.2) is 11.8 Å². The van der Waals surface area contributed by atoms with E-state index >= 15 is 0 Å². The fourth-order valence-electron chi connectivity index (χ4n) is 1.74.